The third-order valence-corrected chi connectivity index (χ3v) is 3.46. The van der Waals surface area contributed by atoms with Gasteiger partial charge in [-0.15, -0.1) is 11.3 Å². The molecule has 4 nitrogen and oxygen atoms in total. The zero-order valence-electron chi connectivity index (χ0n) is 10.1. The number of benzene rings is 1. The lowest BCUT2D eigenvalue weighted by atomic mass is 10.3. The highest BCUT2D eigenvalue weighted by Crippen LogP contribution is 2.18. The van der Waals surface area contributed by atoms with Crippen LogP contribution in [0, 0.1) is 18.3 Å². The number of aryl methyl sites for hydroxylation is 1. The van der Waals surface area contributed by atoms with E-state index in [0.717, 1.165) is 11.4 Å². The third kappa shape index (κ3) is 3.71. The second-order valence-electron chi connectivity index (χ2n) is 3.74. The molecule has 1 heterocycles. The van der Waals surface area contributed by atoms with Crippen molar-refractivity contribution in [2.45, 2.75) is 6.92 Å². The molecule has 2 aromatic rings. The van der Waals surface area contributed by atoms with Crippen molar-refractivity contribution < 1.29 is 0 Å². The summed E-state index contributed by atoms with van der Waals surface area (Å²) in [5.41, 5.74) is 8.00. The van der Waals surface area contributed by atoms with Crippen LogP contribution in [0.25, 0.3) is 5.57 Å². The molecule has 1 aromatic carbocycles. The van der Waals surface area contributed by atoms with Crippen LogP contribution >= 0.6 is 22.9 Å². The summed E-state index contributed by atoms with van der Waals surface area (Å²) in [7, 11) is 0. The molecule has 0 amide bonds. The van der Waals surface area contributed by atoms with Gasteiger partial charge in [0.15, 0.2) is 0 Å². The highest BCUT2D eigenvalue weighted by molar-refractivity contribution is 7.10. The minimum absolute atomic E-state index is 0.479. The van der Waals surface area contributed by atoms with Crippen molar-refractivity contribution in [3.8, 4) is 6.07 Å². The highest BCUT2D eigenvalue weighted by atomic mass is 35.5. The van der Waals surface area contributed by atoms with E-state index in [4.69, 9.17) is 16.9 Å². The van der Waals surface area contributed by atoms with E-state index < -0.39 is 0 Å². The molecule has 2 N–H and O–H groups in total. The predicted octanol–water partition coefficient (Wildman–Crippen LogP) is 3.59. The van der Waals surface area contributed by atoms with Gasteiger partial charge in [0, 0.05) is 22.3 Å². The number of thiazole rings is 1. The summed E-state index contributed by atoms with van der Waals surface area (Å²) in [6.07, 6.45) is 1.58. The minimum Gasteiger partial charge on any atom is -0.307 e. The van der Waals surface area contributed by atoms with Crippen LogP contribution in [-0.2, 0) is 0 Å². The van der Waals surface area contributed by atoms with Gasteiger partial charge in [-0.1, -0.05) is 17.7 Å². The van der Waals surface area contributed by atoms with Crippen LogP contribution in [0.2, 0.25) is 5.02 Å². The Bertz CT molecular complexity index is 642. The van der Waals surface area contributed by atoms with Crippen LogP contribution in [0.5, 0.6) is 0 Å². The number of anilines is 1. The van der Waals surface area contributed by atoms with E-state index in [9.17, 15) is 0 Å². The number of hydrogen-bond donors (Lipinski definition) is 2. The number of halogens is 1. The van der Waals surface area contributed by atoms with Crippen LogP contribution in [0.4, 0.5) is 5.69 Å². The van der Waals surface area contributed by atoms with E-state index in [1.54, 1.807) is 18.3 Å². The fraction of sp³-hybridized carbons (Fsp3) is 0.0769. The van der Waals surface area contributed by atoms with Crippen molar-refractivity contribution in [1.29, 1.82) is 5.26 Å². The summed E-state index contributed by atoms with van der Waals surface area (Å²) in [4.78, 5) is 4.26. The van der Waals surface area contributed by atoms with E-state index in [1.165, 1.54) is 11.3 Å². The molecule has 96 valence electrons. The second-order valence-corrected chi connectivity index (χ2v) is 5.04. The lowest BCUT2D eigenvalue weighted by Crippen LogP contribution is -2.14. The van der Waals surface area contributed by atoms with Gasteiger partial charge in [-0.25, -0.2) is 4.98 Å². The minimum atomic E-state index is 0.479. The average molecular weight is 291 g/mol. The lowest BCUT2D eigenvalue weighted by molar-refractivity contribution is 1.06. The van der Waals surface area contributed by atoms with Gasteiger partial charge < -0.3 is 10.9 Å². The van der Waals surface area contributed by atoms with Crippen LogP contribution in [-0.4, -0.2) is 4.98 Å². The van der Waals surface area contributed by atoms with Crippen molar-refractivity contribution in [2.75, 3.05) is 5.43 Å². The Morgan fingerprint density at radius 1 is 1.53 bits per heavy atom. The van der Waals surface area contributed by atoms with Crippen molar-refractivity contribution in [3.05, 3.63) is 51.6 Å². The molecule has 19 heavy (non-hydrogen) atoms. The van der Waals surface area contributed by atoms with Crippen LogP contribution < -0.4 is 10.9 Å². The molecule has 6 heteroatoms. The van der Waals surface area contributed by atoms with Gasteiger partial charge in [0.2, 0.25) is 0 Å². The first kappa shape index (κ1) is 13.4. The summed E-state index contributed by atoms with van der Waals surface area (Å²) >= 11 is 7.31. The van der Waals surface area contributed by atoms with Gasteiger partial charge in [-0.3, -0.25) is 0 Å². The third-order valence-electron chi connectivity index (χ3n) is 2.23. The van der Waals surface area contributed by atoms with Gasteiger partial charge in [0.05, 0.1) is 5.69 Å². The topological polar surface area (TPSA) is 60.7 Å². The van der Waals surface area contributed by atoms with E-state index in [1.807, 2.05) is 24.4 Å². The average Bonchev–Trinajstić information content (AvgIpc) is 2.81. The Morgan fingerprint density at radius 2 is 2.37 bits per heavy atom. The predicted molar refractivity (Wildman–Crippen MR) is 78.7 cm³/mol. The number of hydrazine groups is 1. The molecule has 0 aliphatic carbocycles. The zero-order valence-corrected chi connectivity index (χ0v) is 11.7. The molecule has 0 aliphatic rings. The number of aromatic nitrogens is 1. The maximum absolute atomic E-state index is 9.09. The molecule has 0 fully saturated rings. The molecule has 0 spiro atoms. The molecule has 0 aliphatic heterocycles. The molecule has 0 radical (unpaired) electrons. The van der Waals surface area contributed by atoms with Crippen molar-refractivity contribution in [1.82, 2.24) is 10.4 Å². The normalized spacial score (nSPS) is 10.9. The number of allylic oxidation sites excluding steroid dienone is 1. The van der Waals surface area contributed by atoms with Gasteiger partial charge in [0.25, 0.3) is 0 Å². The van der Waals surface area contributed by atoms with E-state index in [2.05, 4.69) is 21.9 Å². The Hall–Kier alpha value is -2.03. The summed E-state index contributed by atoms with van der Waals surface area (Å²) < 4.78 is 0. The Morgan fingerprint density at radius 3 is 3.00 bits per heavy atom. The molecule has 0 unspecified atom stereocenters. The zero-order chi connectivity index (χ0) is 13.7. The van der Waals surface area contributed by atoms with Gasteiger partial charge in [-0.2, -0.15) is 5.26 Å². The van der Waals surface area contributed by atoms with Gasteiger partial charge >= 0.3 is 0 Å². The second kappa shape index (κ2) is 6.23. The van der Waals surface area contributed by atoms with E-state index in [0.29, 0.717) is 15.6 Å². The molecular weight excluding hydrogens is 280 g/mol. The smallest absolute Gasteiger partial charge is 0.135 e. The SMILES string of the molecule is Cc1csc(/C(C#N)=C/NNc2cccc(Cl)c2)n1. The standard InChI is InChI=1S/C13H11ClN4S/c1-9-8-19-13(17-9)10(6-15)7-16-18-12-4-2-3-11(14)5-12/h2-5,7-8,16,18H,1H3/b10-7+. The highest BCUT2D eigenvalue weighted by Gasteiger charge is 2.04. The monoisotopic (exact) mass is 290 g/mol. The quantitative estimate of drug-likeness (QED) is 0.667. The molecular formula is C13H11ClN4S. The van der Waals surface area contributed by atoms with Crippen molar-refractivity contribution >= 4 is 34.2 Å². The first-order valence-corrected chi connectivity index (χ1v) is 6.74. The number of nitrogens with one attached hydrogen (secondary N) is 2. The summed E-state index contributed by atoms with van der Waals surface area (Å²) in [6.45, 7) is 1.90. The fourth-order valence-corrected chi connectivity index (χ4v) is 2.33. The number of rotatable bonds is 4. The molecule has 0 saturated carbocycles. The number of nitrogens with zero attached hydrogens (tertiary/aromatic N) is 2. The largest absolute Gasteiger partial charge is 0.307 e. The maximum atomic E-state index is 9.09. The van der Waals surface area contributed by atoms with Crippen LogP contribution in [0.1, 0.15) is 10.7 Å². The number of hydrogen-bond acceptors (Lipinski definition) is 5. The molecule has 0 saturated heterocycles. The molecule has 0 atom stereocenters. The molecule has 1 aromatic heterocycles. The fourth-order valence-electron chi connectivity index (χ4n) is 1.38. The first-order chi connectivity index (χ1) is 9.19. The Balaban J connectivity index is 2.03. The Labute approximate surface area is 120 Å². The van der Waals surface area contributed by atoms with E-state index in [-0.39, 0.29) is 0 Å². The summed E-state index contributed by atoms with van der Waals surface area (Å²) in [5, 5.41) is 12.3. The van der Waals surface area contributed by atoms with Gasteiger partial charge in [-0.05, 0) is 25.1 Å². The summed E-state index contributed by atoms with van der Waals surface area (Å²) in [6, 6.07) is 9.39. The van der Waals surface area contributed by atoms with Crippen molar-refractivity contribution in [2.24, 2.45) is 0 Å². The van der Waals surface area contributed by atoms with E-state index >= 15 is 0 Å². The summed E-state index contributed by atoms with van der Waals surface area (Å²) in [5.74, 6) is 0. The first-order valence-electron chi connectivity index (χ1n) is 5.49. The number of nitriles is 1. The van der Waals surface area contributed by atoms with Crippen LogP contribution in [0.15, 0.2) is 35.8 Å². The maximum Gasteiger partial charge on any atom is 0.135 e. The molecule has 2 rings (SSSR count). The van der Waals surface area contributed by atoms with Crippen molar-refractivity contribution in [3.63, 3.8) is 0 Å². The lowest BCUT2D eigenvalue weighted by Gasteiger charge is -2.06. The molecule has 0 bridgehead atoms. The van der Waals surface area contributed by atoms with Gasteiger partial charge in [0.1, 0.15) is 16.6 Å². The van der Waals surface area contributed by atoms with Crippen LogP contribution in [0.3, 0.4) is 0 Å². The Kier molecular flexibility index (Phi) is 4.39.